The smallest absolute Gasteiger partial charge is 0.391 e. The number of piperidine rings is 1. The lowest BCUT2D eigenvalue weighted by Gasteiger charge is -2.33. The van der Waals surface area contributed by atoms with Crippen molar-refractivity contribution in [1.29, 1.82) is 0 Å². The minimum atomic E-state index is -4.71. The Morgan fingerprint density at radius 1 is 1.33 bits per heavy atom. The molecule has 3 N–H and O–H groups in total. The van der Waals surface area contributed by atoms with Gasteiger partial charge in [0.2, 0.25) is 10.0 Å². The Kier molecular flexibility index (Phi) is 4.18. The van der Waals surface area contributed by atoms with Crippen LogP contribution in [0.1, 0.15) is 18.4 Å². The number of primary sulfonamides is 1. The van der Waals surface area contributed by atoms with Crippen LogP contribution in [0.5, 0.6) is 0 Å². The first-order valence-electron chi connectivity index (χ1n) is 6.26. The third-order valence-electron chi connectivity index (χ3n) is 3.34. The van der Waals surface area contributed by atoms with Gasteiger partial charge in [0.15, 0.2) is 0 Å². The monoisotopic (exact) mass is 324 g/mol. The van der Waals surface area contributed by atoms with Crippen LogP contribution in [-0.2, 0) is 16.2 Å². The van der Waals surface area contributed by atoms with E-state index in [1.54, 1.807) is 0 Å². The first kappa shape index (κ1) is 16.1. The molecule has 0 bridgehead atoms. The van der Waals surface area contributed by atoms with Gasteiger partial charge in [0, 0.05) is 18.8 Å². The molecule has 1 unspecified atom stereocenters. The maximum atomic E-state index is 13.1. The summed E-state index contributed by atoms with van der Waals surface area (Å²) in [6, 6.07) is 2.66. The van der Waals surface area contributed by atoms with Gasteiger partial charge in [0.25, 0.3) is 0 Å². The number of aliphatic hydroxyl groups is 1. The van der Waals surface area contributed by atoms with Gasteiger partial charge in [-0.2, -0.15) is 13.2 Å². The standard InChI is InChI=1S/C12H15F3N2O3S/c13-12(14,15)10-6-9(21(16,19)20)3-4-11(10)17-5-1-2-8(18)7-17/h3-4,6,8,18H,1-2,5,7H2,(H2,16,19,20). The highest BCUT2D eigenvalue weighted by Crippen LogP contribution is 2.38. The average molecular weight is 324 g/mol. The SMILES string of the molecule is NS(=O)(=O)c1ccc(N2CCCC(O)C2)c(C(F)(F)F)c1. The molecular formula is C12H15F3N2O3S. The molecule has 0 saturated carbocycles. The topological polar surface area (TPSA) is 83.6 Å². The number of aliphatic hydroxyl groups excluding tert-OH is 1. The Morgan fingerprint density at radius 3 is 2.52 bits per heavy atom. The van der Waals surface area contributed by atoms with E-state index in [1.807, 2.05) is 0 Å². The maximum Gasteiger partial charge on any atom is 0.418 e. The molecule has 0 amide bonds. The van der Waals surface area contributed by atoms with E-state index < -0.39 is 32.8 Å². The van der Waals surface area contributed by atoms with Gasteiger partial charge in [-0.25, -0.2) is 13.6 Å². The van der Waals surface area contributed by atoms with E-state index in [1.165, 1.54) is 4.90 Å². The average Bonchev–Trinajstić information content (AvgIpc) is 2.36. The molecule has 0 spiro atoms. The van der Waals surface area contributed by atoms with Gasteiger partial charge in [-0.15, -0.1) is 0 Å². The van der Waals surface area contributed by atoms with Crippen LogP contribution in [0, 0.1) is 0 Å². The summed E-state index contributed by atoms with van der Waals surface area (Å²) in [5.74, 6) is 0. The maximum absolute atomic E-state index is 13.1. The zero-order valence-corrected chi connectivity index (χ0v) is 11.8. The highest BCUT2D eigenvalue weighted by Gasteiger charge is 2.36. The number of sulfonamides is 1. The number of nitrogens with zero attached hydrogens (tertiary/aromatic N) is 1. The highest BCUT2D eigenvalue weighted by atomic mass is 32.2. The summed E-state index contributed by atoms with van der Waals surface area (Å²) >= 11 is 0. The van der Waals surface area contributed by atoms with Crippen molar-refractivity contribution in [2.75, 3.05) is 18.0 Å². The van der Waals surface area contributed by atoms with Gasteiger partial charge >= 0.3 is 6.18 Å². The predicted molar refractivity (Wildman–Crippen MR) is 70.3 cm³/mol. The van der Waals surface area contributed by atoms with Crippen molar-refractivity contribution in [2.24, 2.45) is 5.14 Å². The number of halogens is 3. The Balaban J connectivity index is 2.50. The second-order valence-corrected chi connectivity index (χ2v) is 6.53. The molecule has 1 aromatic rings. The molecule has 0 aromatic heterocycles. The summed E-state index contributed by atoms with van der Waals surface area (Å²) in [6.45, 7) is 0.451. The normalized spacial score (nSPS) is 20.6. The minimum absolute atomic E-state index is 0.0812. The summed E-state index contributed by atoms with van der Waals surface area (Å²) in [5.41, 5.74) is -1.21. The number of anilines is 1. The van der Waals surface area contributed by atoms with Gasteiger partial charge in [-0.05, 0) is 31.0 Å². The van der Waals surface area contributed by atoms with Crippen LogP contribution in [0.25, 0.3) is 0 Å². The zero-order chi connectivity index (χ0) is 15.8. The van der Waals surface area contributed by atoms with E-state index >= 15 is 0 Å². The molecule has 21 heavy (non-hydrogen) atoms. The number of hydrogen-bond acceptors (Lipinski definition) is 4. The molecule has 9 heteroatoms. The van der Waals surface area contributed by atoms with Crippen LogP contribution in [0.2, 0.25) is 0 Å². The van der Waals surface area contributed by atoms with E-state index in [2.05, 4.69) is 0 Å². The Morgan fingerprint density at radius 2 is 2.00 bits per heavy atom. The third kappa shape index (κ3) is 3.66. The molecule has 1 atom stereocenters. The van der Waals surface area contributed by atoms with Crippen molar-refractivity contribution in [3.05, 3.63) is 23.8 Å². The molecule has 1 fully saturated rings. The lowest BCUT2D eigenvalue weighted by atomic mass is 10.1. The van der Waals surface area contributed by atoms with Crippen LogP contribution >= 0.6 is 0 Å². The van der Waals surface area contributed by atoms with E-state index in [9.17, 15) is 26.7 Å². The highest BCUT2D eigenvalue weighted by molar-refractivity contribution is 7.89. The summed E-state index contributed by atoms with van der Waals surface area (Å²) in [4.78, 5) is 0.820. The van der Waals surface area contributed by atoms with Crippen LogP contribution in [-0.4, -0.2) is 32.7 Å². The first-order chi connectivity index (χ1) is 9.59. The molecule has 1 saturated heterocycles. The van der Waals surface area contributed by atoms with Crippen molar-refractivity contribution in [3.8, 4) is 0 Å². The summed E-state index contributed by atoms with van der Waals surface area (Å²) in [6.07, 6.45) is -4.31. The number of rotatable bonds is 2. The number of β-amino-alcohol motifs (C(OH)–C–C–N with tert-alkyl or cyclic N) is 1. The van der Waals surface area contributed by atoms with Crippen molar-refractivity contribution in [2.45, 2.75) is 30.0 Å². The van der Waals surface area contributed by atoms with E-state index in [-0.39, 0.29) is 12.2 Å². The van der Waals surface area contributed by atoms with Gasteiger partial charge in [-0.3, -0.25) is 0 Å². The van der Waals surface area contributed by atoms with Crippen molar-refractivity contribution < 1.29 is 26.7 Å². The fourth-order valence-electron chi connectivity index (χ4n) is 2.37. The van der Waals surface area contributed by atoms with Gasteiger partial charge in [0.05, 0.1) is 16.6 Å². The molecule has 0 aliphatic carbocycles. The first-order valence-corrected chi connectivity index (χ1v) is 7.81. The van der Waals surface area contributed by atoms with E-state index in [4.69, 9.17) is 5.14 Å². The number of benzene rings is 1. The van der Waals surface area contributed by atoms with Crippen molar-refractivity contribution >= 4 is 15.7 Å². The number of hydrogen-bond donors (Lipinski definition) is 2. The molecule has 1 heterocycles. The summed E-state index contributed by atoms with van der Waals surface area (Å²) in [7, 11) is -4.21. The van der Waals surface area contributed by atoms with E-state index in [0.29, 0.717) is 25.5 Å². The Bertz CT molecular complexity index is 631. The van der Waals surface area contributed by atoms with Crippen LogP contribution in [0.3, 0.4) is 0 Å². The quantitative estimate of drug-likeness (QED) is 0.859. The Labute approximate surface area is 120 Å². The van der Waals surface area contributed by atoms with Gasteiger partial charge in [-0.1, -0.05) is 0 Å². The predicted octanol–water partition coefficient (Wildman–Crippen LogP) is 1.31. The molecule has 1 aliphatic heterocycles. The minimum Gasteiger partial charge on any atom is -0.391 e. The second-order valence-electron chi connectivity index (χ2n) is 4.96. The second kappa shape index (κ2) is 5.47. The van der Waals surface area contributed by atoms with Crippen LogP contribution in [0.4, 0.5) is 18.9 Å². The zero-order valence-electron chi connectivity index (χ0n) is 11.0. The summed E-state index contributed by atoms with van der Waals surface area (Å²) in [5, 5.41) is 14.5. The number of nitrogens with two attached hydrogens (primary N) is 1. The lowest BCUT2D eigenvalue weighted by Crippen LogP contribution is -2.39. The molecule has 118 valence electrons. The molecule has 5 nitrogen and oxygen atoms in total. The third-order valence-corrected chi connectivity index (χ3v) is 4.25. The number of alkyl halides is 3. The summed E-state index contributed by atoms with van der Waals surface area (Å²) < 4.78 is 61.8. The largest absolute Gasteiger partial charge is 0.418 e. The van der Waals surface area contributed by atoms with Gasteiger partial charge in [0.1, 0.15) is 0 Å². The fraction of sp³-hybridized carbons (Fsp3) is 0.500. The van der Waals surface area contributed by atoms with Crippen LogP contribution in [0.15, 0.2) is 23.1 Å². The molecule has 0 radical (unpaired) electrons. The fourth-order valence-corrected chi connectivity index (χ4v) is 2.91. The lowest BCUT2D eigenvalue weighted by molar-refractivity contribution is -0.137. The molecule has 1 aromatic carbocycles. The Hall–Kier alpha value is -1.32. The van der Waals surface area contributed by atoms with E-state index in [0.717, 1.165) is 12.1 Å². The molecule has 1 aliphatic rings. The molecule has 2 rings (SSSR count). The van der Waals surface area contributed by atoms with Crippen molar-refractivity contribution in [3.63, 3.8) is 0 Å². The van der Waals surface area contributed by atoms with Crippen LogP contribution < -0.4 is 10.0 Å². The molecular weight excluding hydrogens is 309 g/mol. The van der Waals surface area contributed by atoms with Crippen molar-refractivity contribution in [1.82, 2.24) is 0 Å². The van der Waals surface area contributed by atoms with Gasteiger partial charge < -0.3 is 10.0 Å².